The third-order valence-corrected chi connectivity index (χ3v) is 2.58. The van der Waals surface area contributed by atoms with Crippen molar-refractivity contribution >= 4 is 5.91 Å². The Morgan fingerprint density at radius 2 is 2.22 bits per heavy atom. The van der Waals surface area contributed by atoms with Crippen molar-refractivity contribution in [2.75, 3.05) is 13.2 Å². The number of nitriles is 1. The van der Waals surface area contributed by atoms with Gasteiger partial charge >= 0.3 is 0 Å². The number of ether oxygens (including phenoxy) is 2. The van der Waals surface area contributed by atoms with Crippen molar-refractivity contribution in [2.24, 2.45) is 0 Å². The van der Waals surface area contributed by atoms with Crippen LogP contribution in [0.3, 0.4) is 0 Å². The Bertz CT molecular complexity index is 331. The Morgan fingerprint density at radius 1 is 1.56 bits per heavy atom. The predicted octanol–water partition coefficient (Wildman–Crippen LogP) is -2.53. The van der Waals surface area contributed by atoms with Crippen molar-refractivity contribution in [1.29, 1.82) is 5.26 Å². The van der Waals surface area contributed by atoms with Crippen LogP contribution in [0, 0.1) is 11.3 Å². The van der Waals surface area contributed by atoms with E-state index < -0.39 is 43.2 Å². The van der Waals surface area contributed by atoms with Gasteiger partial charge in [-0.2, -0.15) is 5.26 Å². The van der Waals surface area contributed by atoms with Crippen LogP contribution >= 0.6 is 0 Å². The molecule has 8 nitrogen and oxygen atoms in total. The highest BCUT2D eigenvalue weighted by atomic mass is 16.6. The first kappa shape index (κ1) is 14.8. The quantitative estimate of drug-likeness (QED) is 0.438. The van der Waals surface area contributed by atoms with E-state index in [1.807, 2.05) is 0 Å². The highest BCUT2D eigenvalue weighted by Crippen LogP contribution is 2.22. The summed E-state index contributed by atoms with van der Waals surface area (Å²) < 4.78 is 10.0. The molecule has 4 N–H and O–H groups in total. The lowest BCUT2D eigenvalue weighted by Crippen LogP contribution is -2.64. The van der Waals surface area contributed by atoms with E-state index >= 15 is 0 Å². The monoisotopic (exact) mass is 260 g/mol. The van der Waals surface area contributed by atoms with Gasteiger partial charge in [-0.3, -0.25) is 4.79 Å². The van der Waals surface area contributed by atoms with Gasteiger partial charge in [-0.25, -0.2) is 0 Å². The summed E-state index contributed by atoms with van der Waals surface area (Å²) in [4.78, 5) is 11.0. The molecule has 0 bridgehead atoms. The molecular formula is C10H16N2O6. The van der Waals surface area contributed by atoms with Crippen molar-refractivity contribution in [3.05, 3.63) is 0 Å². The van der Waals surface area contributed by atoms with Crippen LogP contribution in [0.15, 0.2) is 0 Å². The number of amides is 1. The molecule has 0 spiro atoms. The molecule has 1 fully saturated rings. The number of hydrogen-bond acceptors (Lipinski definition) is 7. The lowest BCUT2D eigenvalue weighted by molar-refractivity contribution is -0.260. The molecular weight excluding hydrogens is 244 g/mol. The van der Waals surface area contributed by atoms with Gasteiger partial charge < -0.3 is 30.1 Å². The lowest BCUT2D eigenvalue weighted by Gasteiger charge is -2.42. The molecule has 1 aliphatic heterocycles. The van der Waals surface area contributed by atoms with E-state index in [1.165, 1.54) is 6.92 Å². The lowest BCUT2D eigenvalue weighted by atomic mass is 9.96. The van der Waals surface area contributed by atoms with E-state index in [2.05, 4.69) is 5.32 Å². The molecule has 102 valence electrons. The third-order valence-electron chi connectivity index (χ3n) is 2.58. The van der Waals surface area contributed by atoms with Crippen LogP contribution in [0.1, 0.15) is 6.92 Å². The number of carbonyl (C=O) groups is 1. The van der Waals surface area contributed by atoms with E-state index in [9.17, 15) is 15.0 Å². The normalized spacial score (nSPS) is 35.8. The van der Waals surface area contributed by atoms with Gasteiger partial charge in [0.1, 0.15) is 31.0 Å². The second-order valence-corrected chi connectivity index (χ2v) is 3.90. The first-order valence-corrected chi connectivity index (χ1v) is 5.39. The number of rotatable bonds is 4. The van der Waals surface area contributed by atoms with E-state index in [0.717, 1.165) is 0 Å². The smallest absolute Gasteiger partial charge is 0.217 e. The van der Waals surface area contributed by atoms with Gasteiger partial charge in [0, 0.05) is 6.92 Å². The van der Waals surface area contributed by atoms with Gasteiger partial charge in [-0.05, 0) is 0 Å². The summed E-state index contributed by atoms with van der Waals surface area (Å²) in [6, 6.07) is 0.720. The number of aliphatic hydroxyl groups is 3. The fraction of sp³-hybridized carbons (Fsp3) is 0.800. The number of nitrogens with one attached hydrogen (secondary N) is 1. The minimum atomic E-state index is -1.43. The van der Waals surface area contributed by atoms with Crippen molar-refractivity contribution in [3.8, 4) is 6.07 Å². The fourth-order valence-electron chi connectivity index (χ4n) is 1.81. The molecule has 0 aromatic carbocycles. The van der Waals surface area contributed by atoms with Crippen molar-refractivity contribution in [3.63, 3.8) is 0 Å². The van der Waals surface area contributed by atoms with E-state index in [1.54, 1.807) is 6.07 Å². The molecule has 0 aromatic rings. The summed E-state index contributed by atoms with van der Waals surface area (Å²) in [7, 11) is 0. The molecule has 0 unspecified atom stereocenters. The summed E-state index contributed by atoms with van der Waals surface area (Å²) in [5.41, 5.74) is 0. The molecule has 0 radical (unpaired) electrons. The maximum Gasteiger partial charge on any atom is 0.217 e. The first-order valence-electron chi connectivity index (χ1n) is 5.39. The highest BCUT2D eigenvalue weighted by Gasteiger charge is 2.45. The van der Waals surface area contributed by atoms with Gasteiger partial charge in [-0.1, -0.05) is 0 Å². The van der Waals surface area contributed by atoms with Crippen LogP contribution in [0.25, 0.3) is 0 Å². The Morgan fingerprint density at radius 3 is 2.72 bits per heavy atom. The molecule has 1 rings (SSSR count). The predicted molar refractivity (Wildman–Crippen MR) is 56.9 cm³/mol. The summed E-state index contributed by atoms with van der Waals surface area (Å²) in [6.07, 6.45) is -4.76. The summed E-state index contributed by atoms with van der Waals surface area (Å²) in [5, 5.41) is 39.4. The van der Waals surface area contributed by atoms with Crippen molar-refractivity contribution in [1.82, 2.24) is 5.32 Å². The zero-order chi connectivity index (χ0) is 13.7. The number of carbonyl (C=O) groups excluding carboxylic acids is 1. The second kappa shape index (κ2) is 6.63. The maximum atomic E-state index is 11.0. The van der Waals surface area contributed by atoms with Crippen LogP contribution < -0.4 is 5.32 Å². The highest BCUT2D eigenvalue weighted by molar-refractivity contribution is 5.73. The van der Waals surface area contributed by atoms with Crippen LogP contribution in [-0.2, 0) is 14.3 Å². The van der Waals surface area contributed by atoms with E-state index in [4.69, 9.17) is 19.8 Å². The zero-order valence-electron chi connectivity index (χ0n) is 9.81. The average Bonchev–Trinajstić information content (AvgIpc) is 2.32. The van der Waals surface area contributed by atoms with Crippen LogP contribution in [0.4, 0.5) is 0 Å². The van der Waals surface area contributed by atoms with Gasteiger partial charge in [0.25, 0.3) is 0 Å². The summed E-state index contributed by atoms with van der Waals surface area (Å²) in [6.45, 7) is 0.401. The molecule has 8 heteroatoms. The minimum Gasteiger partial charge on any atom is -0.394 e. The summed E-state index contributed by atoms with van der Waals surface area (Å²) >= 11 is 0. The summed E-state index contributed by atoms with van der Waals surface area (Å²) in [5.74, 6) is -0.442. The third kappa shape index (κ3) is 3.38. The van der Waals surface area contributed by atoms with E-state index in [0.29, 0.717) is 0 Å². The number of hydrogen-bond donors (Lipinski definition) is 4. The largest absolute Gasteiger partial charge is 0.394 e. The maximum absolute atomic E-state index is 11.0. The molecule has 1 heterocycles. The van der Waals surface area contributed by atoms with Crippen molar-refractivity contribution in [2.45, 2.75) is 37.6 Å². The second-order valence-electron chi connectivity index (χ2n) is 3.90. The average molecular weight is 260 g/mol. The molecule has 0 aliphatic carbocycles. The van der Waals surface area contributed by atoms with Gasteiger partial charge in [-0.15, -0.1) is 0 Å². The molecule has 1 amide bonds. The Kier molecular flexibility index (Phi) is 5.46. The fourth-order valence-corrected chi connectivity index (χ4v) is 1.81. The Hall–Kier alpha value is -1.24. The Balaban J connectivity index is 2.83. The van der Waals surface area contributed by atoms with Crippen molar-refractivity contribution < 1.29 is 29.6 Å². The molecule has 18 heavy (non-hydrogen) atoms. The van der Waals surface area contributed by atoms with Crippen LogP contribution in [0.2, 0.25) is 0 Å². The molecule has 0 saturated carbocycles. The topological polar surface area (TPSA) is 132 Å². The first-order chi connectivity index (χ1) is 8.51. The minimum absolute atomic E-state index is 0.317. The number of nitrogens with zero attached hydrogens (tertiary/aromatic N) is 1. The van der Waals surface area contributed by atoms with E-state index in [-0.39, 0.29) is 6.61 Å². The van der Waals surface area contributed by atoms with Crippen LogP contribution in [-0.4, -0.2) is 65.1 Å². The standard InChI is InChI=1S/C10H16N2O6/c1-5(14)12-7-9(17-3-2-11)8(15)6(4-13)18-10(7)16/h6-10,13,15-16H,3-4H2,1H3,(H,12,14)/t6-,7-,8+,9+,10+/m0/s1. The molecule has 1 saturated heterocycles. The SMILES string of the molecule is CC(=O)N[C@H]1[C@@H](OCC#N)[C@H](O)[C@H](CO)O[C@H]1O. The molecule has 0 aromatic heterocycles. The van der Waals surface area contributed by atoms with Gasteiger partial charge in [0.2, 0.25) is 5.91 Å². The molecule has 1 aliphatic rings. The number of aliphatic hydroxyl groups excluding tert-OH is 3. The van der Waals surface area contributed by atoms with Gasteiger partial charge in [0.05, 0.1) is 12.7 Å². The molecule has 5 atom stereocenters. The zero-order valence-corrected chi connectivity index (χ0v) is 9.81. The Labute approximate surface area is 104 Å². The van der Waals surface area contributed by atoms with Crippen LogP contribution in [0.5, 0.6) is 0 Å². The van der Waals surface area contributed by atoms with Gasteiger partial charge in [0.15, 0.2) is 6.29 Å².